The number of rotatable bonds is 4. The van der Waals surface area contributed by atoms with Gasteiger partial charge in [0.2, 0.25) is 10.0 Å². The Kier molecular flexibility index (Phi) is 3.64. The predicted molar refractivity (Wildman–Crippen MR) is 72.6 cm³/mol. The molecule has 19 heavy (non-hydrogen) atoms. The molecule has 1 aliphatic rings. The Morgan fingerprint density at radius 1 is 1.26 bits per heavy atom. The molecule has 104 valence electrons. The fourth-order valence-corrected chi connectivity index (χ4v) is 2.91. The highest BCUT2D eigenvalue weighted by Gasteiger charge is 2.25. The maximum atomic E-state index is 12.0. The molecule has 5 nitrogen and oxygen atoms in total. The summed E-state index contributed by atoms with van der Waals surface area (Å²) >= 11 is 0. The monoisotopic (exact) mass is 282 g/mol. The van der Waals surface area contributed by atoms with Gasteiger partial charge in [-0.05, 0) is 57.0 Å². The molecule has 0 saturated heterocycles. The second-order valence-electron chi connectivity index (χ2n) is 4.87. The number of hydrogen-bond donors (Lipinski definition) is 2. The minimum Gasteiger partial charge on any atom is -0.349 e. The number of carbonyl (C=O) groups is 1. The smallest absolute Gasteiger partial charge is 0.251 e. The normalized spacial score (nSPS) is 15.3. The fraction of sp³-hybridized carbons (Fsp3) is 0.462. The summed E-state index contributed by atoms with van der Waals surface area (Å²) in [6.07, 6.45) is 2.00. The van der Waals surface area contributed by atoms with Crippen molar-refractivity contribution in [2.45, 2.75) is 37.6 Å². The lowest BCUT2D eigenvalue weighted by Gasteiger charge is -2.12. The van der Waals surface area contributed by atoms with Crippen molar-refractivity contribution in [1.29, 1.82) is 0 Å². The fourth-order valence-electron chi connectivity index (χ4n) is 1.84. The number of carbonyl (C=O) groups excluding carboxylic acids is 1. The minimum atomic E-state index is -3.55. The molecular weight excluding hydrogens is 264 g/mol. The lowest BCUT2D eigenvalue weighted by Crippen LogP contribution is -2.26. The molecule has 0 unspecified atom stereocenters. The molecule has 1 aromatic carbocycles. The van der Waals surface area contributed by atoms with E-state index < -0.39 is 10.0 Å². The number of amides is 1. The van der Waals surface area contributed by atoms with Gasteiger partial charge >= 0.3 is 0 Å². The highest BCUT2D eigenvalue weighted by Crippen LogP contribution is 2.23. The first-order valence-corrected chi connectivity index (χ1v) is 7.69. The molecule has 0 aliphatic heterocycles. The van der Waals surface area contributed by atoms with E-state index in [0.717, 1.165) is 18.4 Å². The summed E-state index contributed by atoms with van der Waals surface area (Å²) in [5, 5.41) is 2.86. The molecular formula is C13H18N2O3S. The first kappa shape index (κ1) is 14.0. The van der Waals surface area contributed by atoms with Gasteiger partial charge in [0.05, 0.1) is 4.90 Å². The summed E-state index contributed by atoms with van der Waals surface area (Å²) in [6, 6.07) is 3.41. The van der Waals surface area contributed by atoms with Gasteiger partial charge in [0.15, 0.2) is 0 Å². The third kappa shape index (κ3) is 2.96. The van der Waals surface area contributed by atoms with Crippen LogP contribution in [0.3, 0.4) is 0 Å². The molecule has 1 amide bonds. The van der Waals surface area contributed by atoms with E-state index in [0.29, 0.717) is 11.1 Å². The van der Waals surface area contributed by atoms with Crippen LogP contribution in [0.4, 0.5) is 0 Å². The number of nitrogens with one attached hydrogen (secondary N) is 2. The highest BCUT2D eigenvalue weighted by atomic mass is 32.2. The largest absolute Gasteiger partial charge is 0.349 e. The number of sulfonamides is 1. The van der Waals surface area contributed by atoms with Crippen LogP contribution in [-0.2, 0) is 10.0 Å². The molecule has 0 atom stereocenters. The van der Waals surface area contributed by atoms with Gasteiger partial charge in [-0.3, -0.25) is 4.79 Å². The topological polar surface area (TPSA) is 75.3 Å². The molecule has 1 aliphatic carbocycles. The van der Waals surface area contributed by atoms with Crippen molar-refractivity contribution in [2.75, 3.05) is 7.05 Å². The predicted octanol–water partition coefficient (Wildman–Crippen LogP) is 1.10. The van der Waals surface area contributed by atoms with Gasteiger partial charge in [0, 0.05) is 11.6 Å². The van der Waals surface area contributed by atoms with Crippen LogP contribution in [0.2, 0.25) is 0 Å². The average molecular weight is 282 g/mol. The maximum absolute atomic E-state index is 12.0. The zero-order valence-electron chi connectivity index (χ0n) is 11.3. The minimum absolute atomic E-state index is 0.163. The van der Waals surface area contributed by atoms with Crippen LogP contribution in [0, 0.1) is 13.8 Å². The molecule has 0 bridgehead atoms. The van der Waals surface area contributed by atoms with Crippen molar-refractivity contribution >= 4 is 15.9 Å². The summed E-state index contributed by atoms with van der Waals surface area (Å²) in [5.41, 5.74) is 1.85. The van der Waals surface area contributed by atoms with E-state index >= 15 is 0 Å². The maximum Gasteiger partial charge on any atom is 0.251 e. The number of aryl methyl sites for hydroxylation is 1. The highest BCUT2D eigenvalue weighted by molar-refractivity contribution is 7.89. The van der Waals surface area contributed by atoms with Gasteiger partial charge in [-0.25, -0.2) is 13.1 Å². The van der Waals surface area contributed by atoms with Gasteiger partial charge in [-0.1, -0.05) is 0 Å². The van der Waals surface area contributed by atoms with Crippen molar-refractivity contribution in [3.05, 3.63) is 28.8 Å². The van der Waals surface area contributed by atoms with Crippen LogP contribution in [0.25, 0.3) is 0 Å². The van der Waals surface area contributed by atoms with Crippen LogP contribution in [0.5, 0.6) is 0 Å². The van der Waals surface area contributed by atoms with Crippen LogP contribution in [0.1, 0.15) is 34.3 Å². The van der Waals surface area contributed by atoms with Gasteiger partial charge in [-0.15, -0.1) is 0 Å². The van der Waals surface area contributed by atoms with E-state index in [1.807, 2.05) is 0 Å². The third-order valence-corrected chi connectivity index (χ3v) is 4.89. The molecule has 1 aromatic rings. The van der Waals surface area contributed by atoms with Gasteiger partial charge in [-0.2, -0.15) is 0 Å². The van der Waals surface area contributed by atoms with Crippen molar-refractivity contribution in [3.63, 3.8) is 0 Å². The molecule has 1 saturated carbocycles. The summed E-state index contributed by atoms with van der Waals surface area (Å²) in [5.74, 6) is -0.210. The summed E-state index contributed by atoms with van der Waals surface area (Å²) < 4.78 is 26.2. The zero-order chi connectivity index (χ0) is 14.2. The summed E-state index contributed by atoms with van der Waals surface area (Å²) in [6.45, 7) is 3.54. The van der Waals surface area contributed by atoms with E-state index in [-0.39, 0.29) is 16.8 Å². The van der Waals surface area contributed by atoms with Crippen molar-refractivity contribution in [2.24, 2.45) is 0 Å². The Labute approximate surface area is 113 Å². The van der Waals surface area contributed by atoms with E-state index in [1.54, 1.807) is 19.9 Å². The second kappa shape index (κ2) is 4.94. The lowest BCUT2D eigenvalue weighted by atomic mass is 10.1. The van der Waals surface area contributed by atoms with Gasteiger partial charge < -0.3 is 5.32 Å². The molecule has 0 spiro atoms. The van der Waals surface area contributed by atoms with E-state index in [2.05, 4.69) is 10.0 Å². The average Bonchev–Trinajstić information content (AvgIpc) is 3.15. The van der Waals surface area contributed by atoms with E-state index in [9.17, 15) is 13.2 Å². The van der Waals surface area contributed by atoms with E-state index in [1.165, 1.54) is 13.1 Å². The Morgan fingerprint density at radius 2 is 1.89 bits per heavy atom. The van der Waals surface area contributed by atoms with Crippen LogP contribution >= 0.6 is 0 Å². The molecule has 0 radical (unpaired) electrons. The van der Waals surface area contributed by atoms with Crippen LogP contribution < -0.4 is 10.0 Å². The SMILES string of the molecule is CNS(=O)(=O)c1cc(C(=O)NC2CC2)cc(C)c1C. The first-order valence-electron chi connectivity index (χ1n) is 6.21. The van der Waals surface area contributed by atoms with Crippen molar-refractivity contribution in [1.82, 2.24) is 10.0 Å². The van der Waals surface area contributed by atoms with Crippen molar-refractivity contribution < 1.29 is 13.2 Å². The Bertz CT molecular complexity index is 619. The van der Waals surface area contributed by atoms with E-state index in [4.69, 9.17) is 0 Å². The quantitative estimate of drug-likeness (QED) is 0.868. The summed E-state index contributed by atoms with van der Waals surface area (Å²) in [7, 11) is -2.19. The lowest BCUT2D eigenvalue weighted by molar-refractivity contribution is 0.0951. The number of benzene rings is 1. The van der Waals surface area contributed by atoms with Crippen LogP contribution in [0.15, 0.2) is 17.0 Å². The zero-order valence-corrected chi connectivity index (χ0v) is 12.1. The van der Waals surface area contributed by atoms with Crippen LogP contribution in [-0.4, -0.2) is 27.4 Å². The van der Waals surface area contributed by atoms with Gasteiger partial charge in [0.1, 0.15) is 0 Å². The molecule has 0 aromatic heterocycles. The second-order valence-corrected chi connectivity index (χ2v) is 6.73. The Hall–Kier alpha value is -1.40. The first-order chi connectivity index (χ1) is 8.85. The standard InChI is InChI=1S/C13H18N2O3S/c1-8-6-10(13(16)15-11-4-5-11)7-12(9(8)2)19(17,18)14-3/h6-7,11,14H,4-5H2,1-3H3,(H,15,16). The summed E-state index contributed by atoms with van der Waals surface area (Å²) in [4.78, 5) is 12.2. The molecule has 2 rings (SSSR count). The number of hydrogen-bond acceptors (Lipinski definition) is 3. The molecule has 6 heteroatoms. The molecule has 0 heterocycles. The molecule has 1 fully saturated rings. The Balaban J connectivity index is 2.44. The van der Waals surface area contributed by atoms with Gasteiger partial charge in [0.25, 0.3) is 5.91 Å². The molecule has 2 N–H and O–H groups in total. The Morgan fingerprint density at radius 3 is 2.42 bits per heavy atom. The van der Waals surface area contributed by atoms with Crippen molar-refractivity contribution in [3.8, 4) is 0 Å². The third-order valence-electron chi connectivity index (χ3n) is 3.35.